The van der Waals surface area contributed by atoms with Crippen molar-refractivity contribution in [3.05, 3.63) is 86.0 Å². The van der Waals surface area contributed by atoms with E-state index in [2.05, 4.69) is 24.1 Å². The first kappa shape index (κ1) is 29.0. The molecule has 38 heavy (non-hydrogen) atoms. The Morgan fingerprint density at radius 2 is 1.95 bits per heavy atom. The number of halogens is 4. The highest BCUT2D eigenvalue weighted by atomic mass is 32.1. The Labute approximate surface area is 219 Å². The average Bonchev–Trinajstić information content (AvgIpc) is 3.34. The second-order valence-corrected chi connectivity index (χ2v) is 9.72. The first-order valence-electron chi connectivity index (χ1n) is 11.6. The van der Waals surface area contributed by atoms with Crippen molar-refractivity contribution in [2.45, 2.75) is 38.5 Å². The molecule has 3 aromatic rings. The summed E-state index contributed by atoms with van der Waals surface area (Å²) in [5.41, 5.74) is 1.91. The maximum Gasteiger partial charge on any atom is 0.490 e. The van der Waals surface area contributed by atoms with Crippen molar-refractivity contribution in [3.8, 4) is 0 Å². The zero-order valence-corrected chi connectivity index (χ0v) is 21.4. The predicted octanol–water partition coefficient (Wildman–Crippen LogP) is 4.04. The van der Waals surface area contributed by atoms with Crippen LogP contribution < -0.4 is 10.9 Å². The number of amides is 1. The van der Waals surface area contributed by atoms with Gasteiger partial charge in [-0.2, -0.15) is 13.2 Å². The molecule has 1 unspecified atom stereocenters. The molecule has 204 valence electrons. The minimum atomic E-state index is -5.08. The normalized spacial score (nSPS) is 15.7. The SMILES string of the molecule is CC(C)c1nc(Cn2cc(C(=O)N3CCNC(c4cccc(F)c4)C3)ccc2=O)cs1.O=C(O)C(F)(F)F. The number of rotatable bonds is 5. The van der Waals surface area contributed by atoms with Crippen molar-refractivity contribution >= 4 is 23.2 Å². The maximum atomic E-state index is 13.6. The predicted molar refractivity (Wildman–Crippen MR) is 133 cm³/mol. The van der Waals surface area contributed by atoms with Crippen LogP contribution in [0.2, 0.25) is 0 Å². The summed E-state index contributed by atoms with van der Waals surface area (Å²) in [6.45, 7) is 6.09. The van der Waals surface area contributed by atoms with Crippen LogP contribution in [0.25, 0.3) is 0 Å². The van der Waals surface area contributed by atoms with Crippen LogP contribution in [0.5, 0.6) is 0 Å². The van der Waals surface area contributed by atoms with Gasteiger partial charge in [-0.05, 0) is 23.8 Å². The molecule has 1 atom stereocenters. The van der Waals surface area contributed by atoms with E-state index >= 15 is 0 Å². The number of carbonyl (C=O) groups excluding carboxylic acids is 1. The first-order valence-corrected chi connectivity index (χ1v) is 12.5. The van der Waals surface area contributed by atoms with Crippen LogP contribution >= 0.6 is 11.3 Å². The second kappa shape index (κ2) is 12.3. The number of benzene rings is 1. The van der Waals surface area contributed by atoms with Gasteiger partial charge in [0.2, 0.25) is 0 Å². The van der Waals surface area contributed by atoms with Crippen molar-refractivity contribution < 1.29 is 32.3 Å². The Kier molecular flexibility index (Phi) is 9.39. The standard InChI is InChI=1S/C23H25FN4O2S.C2HF3O2/c1-15(2)22-26-19(14-31-22)12-28-11-17(6-7-21(28)29)23(30)27-9-8-25-20(13-27)16-4-3-5-18(24)10-16;3-2(4,5)1(6)7/h3-7,10-11,14-15,20,25H,8-9,12-13H2,1-2H3;(H,6,7). The van der Waals surface area contributed by atoms with Gasteiger partial charge < -0.3 is 19.9 Å². The van der Waals surface area contributed by atoms with Crippen LogP contribution in [-0.2, 0) is 11.3 Å². The molecule has 3 heterocycles. The van der Waals surface area contributed by atoms with Crippen LogP contribution in [0.3, 0.4) is 0 Å². The van der Waals surface area contributed by atoms with Crippen LogP contribution in [0.1, 0.15) is 52.4 Å². The number of hydrogen-bond acceptors (Lipinski definition) is 6. The number of carboxylic acids is 1. The number of aliphatic carboxylic acids is 1. The van der Waals surface area contributed by atoms with Gasteiger partial charge in [0.25, 0.3) is 11.5 Å². The van der Waals surface area contributed by atoms with Crippen molar-refractivity contribution in [1.82, 2.24) is 19.8 Å². The van der Waals surface area contributed by atoms with E-state index in [9.17, 15) is 27.2 Å². The summed E-state index contributed by atoms with van der Waals surface area (Å²) in [6, 6.07) is 9.29. The van der Waals surface area contributed by atoms with Gasteiger partial charge in [0.05, 0.1) is 28.9 Å². The number of hydrogen-bond donors (Lipinski definition) is 2. The summed E-state index contributed by atoms with van der Waals surface area (Å²) in [7, 11) is 0. The fraction of sp³-hybridized carbons (Fsp3) is 0.360. The molecule has 1 amide bonds. The van der Waals surface area contributed by atoms with Crippen LogP contribution in [-0.4, -0.2) is 57.2 Å². The number of nitrogens with one attached hydrogen (secondary N) is 1. The van der Waals surface area contributed by atoms with E-state index in [1.165, 1.54) is 22.8 Å². The molecule has 4 rings (SSSR count). The van der Waals surface area contributed by atoms with Crippen molar-refractivity contribution in [2.24, 2.45) is 0 Å². The number of piperazine rings is 1. The largest absolute Gasteiger partial charge is 0.490 e. The Hall–Kier alpha value is -3.58. The molecule has 0 spiro atoms. The number of nitrogens with zero attached hydrogens (tertiary/aromatic N) is 3. The van der Waals surface area contributed by atoms with Gasteiger partial charge in [-0.1, -0.05) is 26.0 Å². The minimum absolute atomic E-state index is 0.135. The molecule has 0 radical (unpaired) electrons. The molecule has 0 bridgehead atoms. The third kappa shape index (κ3) is 7.71. The Balaban J connectivity index is 0.000000505. The fourth-order valence-corrected chi connectivity index (χ4v) is 4.51. The Bertz CT molecular complexity index is 1340. The third-order valence-corrected chi connectivity index (χ3v) is 6.78. The summed E-state index contributed by atoms with van der Waals surface area (Å²) >= 11 is 1.58. The van der Waals surface area contributed by atoms with E-state index in [1.54, 1.807) is 34.6 Å². The fourth-order valence-electron chi connectivity index (χ4n) is 3.68. The van der Waals surface area contributed by atoms with Crippen LogP contribution in [0.15, 0.2) is 52.8 Å². The smallest absolute Gasteiger partial charge is 0.475 e. The summed E-state index contributed by atoms with van der Waals surface area (Å²) in [4.78, 5) is 40.7. The third-order valence-electron chi connectivity index (χ3n) is 5.58. The molecule has 0 saturated carbocycles. The first-order chi connectivity index (χ1) is 17.8. The monoisotopic (exact) mass is 554 g/mol. The summed E-state index contributed by atoms with van der Waals surface area (Å²) in [6.07, 6.45) is -3.47. The number of carbonyl (C=O) groups is 2. The van der Waals surface area contributed by atoms with Gasteiger partial charge >= 0.3 is 12.1 Å². The molecule has 8 nitrogen and oxygen atoms in total. The quantitative estimate of drug-likeness (QED) is 0.462. The van der Waals surface area contributed by atoms with E-state index in [0.717, 1.165) is 16.3 Å². The number of pyridine rings is 1. The Morgan fingerprint density at radius 1 is 1.24 bits per heavy atom. The highest BCUT2D eigenvalue weighted by Gasteiger charge is 2.38. The topological polar surface area (TPSA) is 105 Å². The zero-order valence-electron chi connectivity index (χ0n) is 20.5. The molecular formula is C25H26F4N4O4S. The number of thiazole rings is 1. The van der Waals surface area contributed by atoms with Crippen molar-refractivity contribution in [1.29, 1.82) is 0 Å². The minimum Gasteiger partial charge on any atom is -0.475 e. The molecule has 2 N–H and O–H groups in total. The van der Waals surface area contributed by atoms with Gasteiger partial charge in [0, 0.05) is 43.2 Å². The van der Waals surface area contributed by atoms with E-state index in [0.29, 0.717) is 37.7 Å². The van der Waals surface area contributed by atoms with E-state index < -0.39 is 12.1 Å². The van der Waals surface area contributed by atoms with Crippen molar-refractivity contribution in [2.75, 3.05) is 19.6 Å². The summed E-state index contributed by atoms with van der Waals surface area (Å²) in [5.74, 6) is -2.86. The number of aromatic nitrogens is 2. The van der Waals surface area contributed by atoms with E-state index in [-0.39, 0.29) is 23.3 Å². The van der Waals surface area contributed by atoms with Gasteiger partial charge in [-0.25, -0.2) is 14.2 Å². The van der Waals surface area contributed by atoms with Gasteiger partial charge in [-0.3, -0.25) is 9.59 Å². The van der Waals surface area contributed by atoms with Gasteiger partial charge in [-0.15, -0.1) is 11.3 Å². The lowest BCUT2D eigenvalue weighted by Crippen LogP contribution is -2.48. The molecule has 13 heteroatoms. The lowest BCUT2D eigenvalue weighted by molar-refractivity contribution is -0.192. The summed E-state index contributed by atoms with van der Waals surface area (Å²) < 4.78 is 46.9. The maximum absolute atomic E-state index is 13.6. The highest BCUT2D eigenvalue weighted by molar-refractivity contribution is 7.09. The van der Waals surface area contributed by atoms with Crippen LogP contribution in [0.4, 0.5) is 17.6 Å². The van der Waals surface area contributed by atoms with Crippen molar-refractivity contribution in [3.63, 3.8) is 0 Å². The zero-order chi connectivity index (χ0) is 28.0. The molecular weight excluding hydrogens is 528 g/mol. The Morgan fingerprint density at radius 3 is 2.55 bits per heavy atom. The molecule has 1 fully saturated rings. The van der Waals surface area contributed by atoms with E-state index in [1.807, 2.05) is 11.4 Å². The molecule has 1 saturated heterocycles. The highest BCUT2D eigenvalue weighted by Crippen LogP contribution is 2.21. The number of alkyl halides is 3. The van der Waals surface area contributed by atoms with Gasteiger partial charge in [0.15, 0.2) is 0 Å². The molecule has 1 aliphatic rings. The van der Waals surface area contributed by atoms with Crippen LogP contribution in [0, 0.1) is 5.82 Å². The van der Waals surface area contributed by atoms with Gasteiger partial charge in [0.1, 0.15) is 5.82 Å². The molecule has 1 aromatic carbocycles. The number of carboxylic acid groups (broad SMARTS) is 1. The molecule has 0 aliphatic carbocycles. The summed E-state index contributed by atoms with van der Waals surface area (Å²) in [5, 5.41) is 13.4. The lowest BCUT2D eigenvalue weighted by Gasteiger charge is -2.34. The molecule has 2 aromatic heterocycles. The molecule has 1 aliphatic heterocycles. The second-order valence-electron chi connectivity index (χ2n) is 8.83. The van der Waals surface area contributed by atoms with E-state index in [4.69, 9.17) is 9.90 Å². The average molecular weight is 555 g/mol. The lowest BCUT2D eigenvalue weighted by atomic mass is 10.0.